The maximum absolute atomic E-state index is 12.4. The Kier molecular flexibility index (Phi) is 5.94. The number of carbonyl (C=O) groups excluding carboxylic acids is 2. The first kappa shape index (κ1) is 20.0. The molecule has 1 saturated heterocycles. The lowest BCUT2D eigenvalue weighted by molar-refractivity contribution is -0.116. The number of benzene rings is 1. The summed E-state index contributed by atoms with van der Waals surface area (Å²) in [5.74, 6) is -0.129. The van der Waals surface area contributed by atoms with Crippen molar-refractivity contribution < 1.29 is 14.3 Å². The fraction of sp³-hybridized carbons (Fsp3) is 0.381. The van der Waals surface area contributed by atoms with Gasteiger partial charge < -0.3 is 15.0 Å². The van der Waals surface area contributed by atoms with Gasteiger partial charge in [-0.05, 0) is 38.1 Å². The number of thiazole rings is 1. The van der Waals surface area contributed by atoms with Crippen molar-refractivity contribution in [3.63, 3.8) is 0 Å². The molecular weight excluding hydrogens is 406 g/mol. The summed E-state index contributed by atoms with van der Waals surface area (Å²) < 4.78 is 6.43. The molecule has 0 atom stereocenters. The van der Waals surface area contributed by atoms with Crippen molar-refractivity contribution in [2.75, 3.05) is 36.5 Å². The first-order valence-electron chi connectivity index (χ1n) is 9.63. The van der Waals surface area contributed by atoms with Gasteiger partial charge in [0.1, 0.15) is 0 Å². The summed E-state index contributed by atoms with van der Waals surface area (Å²) in [5.41, 5.74) is 2.39. The molecule has 2 aromatic heterocycles. The van der Waals surface area contributed by atoms with E-state index in [1.807, 2.05) is 38.1 Å². The Balaban J connectivity index is 1.37. The summed E-state index contributed by atoms with van der Waals surface area (Å²) in [6, 6.07) is 7.64. The van der Waals surface area contributed by atoms with Crippen LogP contribution in [-0.2, 0) is 9.53 Å². The molecule has 0 saturated carbocycles. The van der Waals surface area contributed by atoms with Crippen LogP contribution in [0.25, 0.3) is 10.2 Å². The van der Waals surface area contributed by atoms with E-state index in [9.17, 15) is 9.59 Å². The van der Waals surface area contributed by atoms with Crippen LogP contribution >= 0.6 is 22.7 Å². The molecule has 29 heavy (non-hydrogen) atoms. The Hall–Kier alpha value is -2.29. The monoisotopic (exact) mass is 429 g/mol. The van der Waals surface area contributed by atoms with E-state index in [1.165, 1.54) is 0 Å². The molecule has 1 amide bonds. The minimum Gasteiger partial charge on any atom is -0.378 e. The number of ketones is 1. The quantitative estimate of drug-likeness (QED) is 0.588. The van der Waals surface area contributed by atoms with Gasteiger partial charge in [-0.3, -0.25) is 9.59 Å². The van der Waals surface area contributed by atoms with Crippen LogP contribution < -0.4 is 10.2 Å². The largest absolute Gasteiger partial charge is 0.378 e. The predicted octanol–water partition coefficient (Wildman–Crippen LogP) is 4.41. The predicted molar refractivity (Wildman–Crippen MR) is 119 cm³/mol. The lowest BCUT2D eigenvalue weighted by Gasteiger charge is -2.25. The highest BCUT2D eigenvalue weighted by Gasteiger charge is 2.17. The van der Waals surface area contributed by atoms with E-state index in [-0.39, 0.29) is 24.5 Å². The zero-order chi connectivity index (χ0) is 20.4. The molecule has 8 heteroatoms. The van der Waals surface area contributed by atoms with E-state index >= 15 is 0 Å². The van der Waals surface area contributed by atoms with E-state index < -0.39 is 0 Å². The number of thiophene rings is 1. The Bertz CT molecular complexity index is 1050. The van der Waals surface area contributed by atoms with Gasteiger partial charge in [-0.2, -0.15) is 0 Å². The van der Waals surface area contributed by atoms with Crippen LogP contribution in [0.2, 0.25) is 0 Å². The molecule has 3 aromatic rings. The molecule has 1 aliphatic rings. The summed E-state index contributed by atoms with van der Waals surface area (Å²) in [5, 5.41) is 3.89. The van der Waals surface area contributed by atoms with Gasteiger partial charge in [-0.15, -0.1) is 11.3 Å². The molecule has 0 radical (unpaired) electrons. The van der Waals surface area contributed by atoms with Gasteiger partial charge in [0.2, 0.25) is 5.91 Å². The average Bonchev–Trinajstić information content (AvgIpc) is 3.29. The van der Waals surface area contributed by atoms with Gasteiger partial charge in [0.15, 0.2) is 10.9 Å². The van der Waals surface area contributed by atoms with Crippen LogP contribution in [0.5, 0.6) is 0 Å². The Labute approximate surface area is 177 Å². The number of anilines is 2. The normalized spacial score (nSPS) is 14.3. The SMILES string of the molecule is Cc1cc(C(=O)CCC(=O)Nc2ccc3nc(N4CCOCC4)sc3c2)c(C)s1. The van der Waals surface area contributed by atoms with Crippen LogP contribution in [0.3, 0.4) is 0 Å². The van der Waals surface area contributed by atoms with E-state index in [2.05, 4.69) is 10.2 Å². The van der Waals surface area contributed by atoms with Gasteiger partial charge in [-0.25, -0.2) is 4.98 Å². The molecule has 0 bridgehead atoms. The Morgan fingerprint density at radius 2 is 1.93 bits per heavy atom. The number of aryl methyl sites for hydroxylation is 2. The van der Waals surface area contributed by atoms with Crippen LogP contribution in [0.4, 0.5) is 10.8 Å². The minimum atomic E-state index is -0.153. The summed E-state index contributed by atoms with van der Waals surface area (Å²) >= 11 is 3.23. The van der Waals surface area contributed by atoms with Gasteiger partial charge in [0.25, 0.3) is 0 Å². The minimum absolute atomic E-state index is 0.0232. The standard InChI is InChI=1S/C21H23N3O3S2/c1-13-11-16(14(2)28-13)18(25)5-6-20(26)22-15-3-4-17-19(12-15)29-21(23-17)24-7-9-27-10-8-24/h3-4,11-12H,5-10H2,1-2H3,(H,22,26). The van der Waals surface area contributed by atoms with Crippen molar-refractivity contribution in [3.8, 4) is 0 Å². The van der Waals surface area contributed by atoms with Crippen molar-refractivity contribution in [2.24, 2.45) is 0 Å². The lowest BCUT2D eigenvalue weighted by Crippen LogP contribution is -2.36. The maximum atomic E-state index is 12.4. The van der Waals surface area contributed by atoms with Crippen molar-refractivity contribution in [1.82, 2.24) is 4.98 Å². The second-order valence-electron chi connectivity index (χ2n) is 7.08. The molecule has 3 heterocycles. The number of fused-ring (bicyclic) bond motifs is 1. The highest BCUT2D eigenvalue weighted by Crippen LogP contribution is 2.31. The number of nitrogens with zero attached hydrogens (tertiary/aromatic N) is 2. The number of carbonyl (C=O) groups is 2. The molecule has 4 rings (SSSR count). The summed E-state index contributed by atoms with van der Waals surface area (Å²) in [6.45, 7) is 7.07. The van der Waals surface area contributed by atoms with Crippen LogP contribution in [0, 0.1) is 13.8 Å². The van der Waals surface area contributed by atoms with Gasteiger partial charge in [0.05, 0.1) is 23.4 Å². The Morgan fingerprint density at radius 1 is 1.14 bits per heavy atom. The van der Waals surface area contributed by atoms with Crippen molar-refractivity contribution in [2.45, 2.75) is 26.7 Å². The molecule has 1 aromatic carbocycles. The second kappa shape index (κ2) is 8.61. The number of aromatic nitrogens is 1. The zero-order valence-corrected chi connectivity index (χ0v) is 18.1. The molecule has 0 spiro atoms. The number of nitrogens with one attached hydrogen (secondary N) is 1. The number of ether oxygens (including phenoxy) is 1. The first-order chi connectivity index (χ1) is 14.0. The molecule has 152 valence electrons. The van der Waals surface area contributed by atoms with E-state index in [0.717, 1.165) is 62.7 Å². The smallest absolute Gasteiger partial charge is 0.224 e. The van der Waals surface area contributed by atoms with Crippen LogP contribution in [-0.4, -0.2) is 43.0 Å². The zero-order valence-electron chi connectivity index (χ0n) is 16.5. The number of amides is 1. The molecular formula is C21H23N3O3S2. The number of hydrogen-bond donors (Lipinski definition) is 1. The van der Waals surface area contributed by atoms with Crippen LogP contribution in [0.1, 0.15) is 33.0 Å². The average molecular weight is 430 g/mol. The third-order valence-electron chi connectivity index (χ3n) is 4.86. The van der Waals surface area contributed by atoms with Gasteiger partial charge in [-0.1, -0.05) is 11.3 Å². The van der Waals surface area contributed by atoms with Gasteiger partial charge >= 0.3 is 0 Å². The lowest BCUT2D eigenvalue weighted by atomic mass is 10.1. The molecule has 0 aliphatic carbocycles. The Morgan fingerprint density at radius 3 is 2.66 bits per heavy atom. The van der Waals surface area contributed by atoms with E-state index in [0.29, 0.717) is 0 Å². The summed E-state index contributed by atoms with van der Waals surface area (Å²) in [6.07, 6.45) is 0.389. The molecule has 0 unspecified atom stereocenters. The maximum Gasteiger partial charge on any atom is 0.224 e. The molecule has 6 nitrogen and oxygen atoms in total. The number of hydrogen-bond acceptors (Lipinski definition) is 7. The number of morpholine rings is 1. The van der Waals surface area contributed by atoms with Crippen molar-refractivity contribution in [1.29, 1.82) is 0 Å². The van der Waals surface area contributed by atoms with Crippen LogP contribution in [0.15, 0.2) is 24.3 Å². The topological polar surface area (TPSA) is 71.5 Å². The molecule has 1 aliphatic heterocycles. The third-order valence-corrected chi connectivity index (χ3v) is 6.91. The number of rotatable bonds is 6. The second-order valence-corrected chi connectivity index (χ2v) is 9.55. The fourth-order valence-electron chi connectivity index (χ4n) is 3.37. The summed E-state index contributed by atoms with van der Waals surface area (Å²) in [7, 11) is 0. The summed E-state index contributed by atoms with van der Waals surface area (Å²) in [4.78, 5) is 33.8. The first-order valence-corrected chi connectivity index (χ1v) is 11.3. The fourth-order valence-corrected chi connectivity index (χ4v) is 5.37. The highest BCUT2D eigenvalue weighted by atomic mass is 32.1. The molecule has 1 fully saturated rings. The number of Topliss-reactive ketones (excluding diaryl/α,β-unsaturated/α-hetero) is 1. The molecule has 1 N–H and O–H groups in total. The van der Waals surface area contributed by atoms with Crippen molar-refractivity contribution >= 4 is 55.4 Å². The highest BCUT2D eigenvalue weighted by molar-refractivity contribution is 7.22. The van der Waals surface area contributed by atoms with E-state index in [1.54, 1.807) is 22.7 Å². The van der Waals surface area contributed by atoms with Crippen molar-refractivity contribution in [3.05, 3.63) is 39.6 Å². The third kappa shape index (κ3) is 4.66. The van der Waals surface area contributed by atoms with E-state index in [4.69, 9.17) is 9.72 Å². The van der Waals surface area contributed by atoms with Gasteiger partial charge in [0, 0.05) is 46.9 Å².